The Morgan fingerprint density at radius 2 is 1.60 bits per heavy atom. The predicted octanol–water partition coefficient (Wildman–Crippen LogP) is 1.60. The van der Waals surface area contributed by atoms with Crippen molar-refractivity contribution in [2.45, 2.75) is 37.7 Å². The zero-order valence-electron chi connectivity index (χ0n) is 8.81. The molecule has 0 aromatic heterocycles. The highest BCUT2D eigenvalue weighted by atomic mass is 19.1. The molecule has 2 nitrogen and oxygen atoms in total. The largest absolute Gasteiger partial charge is 0.396 e. The fourth-order valence-corrected chi connectivity index (χ4v) is 3.16. The third kappa shape index (κ3) is 1.34. The molecule has 2 aliphatic rings. The molecule has 0 saturated heterocycles. The summed E-state index contributed by atoms with van der Waals surface area (Å²) in [4.78, 5) is 0. The van der Waals surface area contributed by atoms with Gasteiger partial charge in [-0.25, -0.2) is 0 Å². The molecule has 0 bridgehead atoms. The summed E-state index contributed by atoms with van der Waals surface area (Å²) in [6.45, 7) is -1.50. The van der Waals surface area contributed by atoms with Crippen molar-refractivity contribution in [3.8, 4) is 0 Å². The van der Waals surface area contributed by atoms with Crippen LogP contribution >= 0.6 is 0 Å². The molecule has 0 atom stereocenters. The minimum atomic E-state index is -1.03. The number of aliphatic hydroxyl groups is 2. The van der Waals surface area contributed by atoms with Crippen molar-refractivity contribution in [1.82, 2.24) is 0 Å². The highest BCUT2D eigenvalue weighted by molar-refractivity contribution is 5.15. The van der Waals surface area contributed by atoms with Gasteiger partial charge >= 0.3 is 0 Å². The van der Waals surface area contributed by atoms with E-state index in [1.54, 1.807) is 0 Å². The summed E-state index contributed by atoms with van der Waals surface area (Å²) in [7, 11) is 0. The Hall–Kier alpha value is -0.220. The maximum atomic E-state index is 12.6. The highest BCUT2D eigenvalue weighted by Gasteiger charge is 2.65. The first-order valence-electron chi connectivity index (χ1n) is 5.51. The van der Waals surface area contributed by atoms with Crippen LogP contribution in [-0.2, 0) is 0 Å². The van der Waals surface area contributed by atoms with Gasteiger partial charge in [-0.15, -0.1) is 0 Å². The number of hydrogen-bond donors (Lipinski definition) is 2. The lowest BCUT2D eigenvalue weighted by Gasteiger charge is -2.62. The van der Waals surface area contributed by atoms with Crippen molar-refractivity contribution < 1.29 is 19.0 Å². The van der Waals surface area contributed by atoms with Gasteiger partial charge in [0.25, 0.3) is 0 Å². The van der Waals surface area contributed by atoms with Crippen LogP contribution in [0.3, 0.4) is 0 Å². The molecule has 2 rings (SSSR count). The van der Waals surface area contributed by atoms with Gasteiger partial charge in [-0.05, 0) is 25.7 Å². The summed E-state index contributed by atoms with van der Waals surface area (Å²) in [5.41, 5.74) is -2.47. The van der Waals surface area contributed by atoms with E-state index in [1.165, 1.54) is 0 Å². The summed E-state index contributed by atoms with van der Waals surface area (Å²) in [5.74, 6) is 0. The van der Waals surface area contributed by atoms with Crippen molar-refractivity contribution in [3.05, 3.63) is 0 Å². The zero-order valence-corrected chi connectivity index (χ0v) is 8.81. The van der Waals surface area contributed by atoms with Crippen LogP contribution in [0.4, 0.5) is 8.78 Å². The van der Waals surface area contributed by atoms with Gasteiger partial charge in [0.1, 0.15) is 0 Å². The lowest BCUT2D eigenvalue weighted by Crippen LogP contribution is -2.66. The second-order valence-electron chi connectivity index (χ2n) is 5.44. The Morgan fingerprint density at radius 1 is 1.07 bits per heavy atom. The average Bonchev–Trinajstić information content (AvgIpc) is 2.12. The summed E-state index contributed by atoms with van der Waals surface area (Å²) < 4.78 is 25.3. The second kappa shape index (κ2) is 3.39. The Bertz CT molecular complexity index is 233. The summed E-state index contributed by atoms with van der Waals surface area (Å²) in [6.07, 6.45) is 2.85. The van der Waals surface area contributed by atoms with Crippen LogP contribution in [0.15, 0.2) is 0 Å². The van der Waals surface area contributed by atoms with E-state index in [0.717, 1.165) is 19.3 Å². The lowest BCUT2D eigenvalue weighted by molar-refractivity contribution is -0.247. The monoisotopic (exact) mass is 220 g/mol. The number of aliphatic hydroxyl groups excluding tert-OH is 1. The first-order valence-corrected chi connectivity index (χ1v) is 5.51. The Kier molecular flexibility index (Phi) is 2.54. The van der Waals surface area contributed by atoms with Gasteiger partial charge in [-0.2, -0.15) is 0 Å². The highest BCUT2D eigenvalue weighted by Crippen LogP contribution is 2.62. The molecule has 2 N–H and O–H groups in total. The maximum Gasteiger partial charge on any atom is 0.0977 e. The summed E-state index contributed by atoms with van der Waals surface area (Å²) in [6, 6.07) is 0. The topological polar surface area (TPSA) is 40.5 Å². The fraction of sp³-hybridized carbons (Fsp3) is 1.00. The molecule has 15 heavy (non-hydrogen) atoms. The molecule has 4 heteroatoms. The number of halogens is 2. The van der Waals surface area contributed by atoms with Crippen molar-refractivity contribution in [2.75, 3.05) is 20.0 Å². The van der Waals surface area contributed by atoms with Crippen LogP contribution in [0.1, 0.15) is 32.1 Å². The Balaban J connectivity index is 2.06. The molecule has 0 aliphatic heterocycles. The quantitative estimate of drug-likeness (QED) is 0.755. The van der Waals surface area contributed by atoms with Crippen molar-refractivity contribution in [2.24, 2.45) is 10.8 Å². The first kappa shape index (κ1) is 11.3. The van der Waals surface area contributed by atoms with Gasteiger partial charge in [0.2, 0.25) is 0 Å². The van der Waals surface area contributed by atoms with Crippen LogP contribution in [0.25, 0.3) is 0 Å². The molecule has 0 aromatic carbocycles. The van der Waals surface area contributed by atoms with Crippen molar-refractivity contribution >= 4 is 0 Å². The minimum Gasteiger partial charge on any atom is -0.396 e. The van der Waals surface area contributed by atoms with Gasteiger partial charge < -0.3 is 10.2 Å². The SMILES string of the molecule is OCC1(C2(O)CC(CF)(CF)C2)CCC1. The first-order chi connectivity index (χ1) is 7.05. The molecule has 2 fully saturated rings. The number of hydrogen-bond acceptors (Lipinski definition) is 2. The molecule has 0 aromatic rings. The molecular formula is C11H18F2O2. The standard InChI is InChI=1S/C11H18F2O2/c12-6-9(7-13)4-11(15,5-9)10(8-14)2-1-3-10/h14-15H,1-8H2. The van der Waals surface area contributed by atoms with E-state index in [9.17, 15) is 19.0 Å². The van der Waals surface area contributed by atoms with E-state index < -0.39 is 29.8 Å². The summed E-state index contributed by atoms with van der Waals surface area (Å²) >= 11 is 0. The number of alkyl halides is 2. The number of rotatable bonds is 4. The van der Waals surface area contributed by atoms with E-state index in [-0.39, 0.29) is 19.4 Å². The second-order valence-corrected chi connectivity index (χ2v) is 5.44. The predicted molar refractivity (Wildman–Crippen MR) is 51.9 cm³/mol. The van der Waals surface area contributed by atoms with Crippen LogP contribution < -0.4 is 0 Å². The Morgan fingerprint density at radius 3 is 1.87 bits per heavy atom. The molecule has 2 aliphatic carbocycles. The van der Waals surface area contributed by atoms with Gasteiger partial charge in [0.15, 0.2) is 0 Å². The third-order valence-electron chi connectivity index (χ3n) is 4.50. The Labute approximate surface area is 88.3 Å². The fourth-order valence-electron chi connectivity index (χ4n) is 3.16. The molecular weight excluding hydrogens is 202 g/mol. The van der Waals surface area contributed by atoms with E-state index in [2.05, 4.69) is 0 Å². The van der Waals surface area contributed by atoms with Crippen molar-refractivity contribution in [3.63, 3.8) is 0 Å². The van der Waals surface area contributed by atoms with Crippen molar-refractivity contribution in [1.29, 1.82) is 0 Å². The van der Waals surface area contributed by atoms with Crippen LogP contribution in [0.5, 0.6) is 0 Å². The molecule has 2 saturated carbocycles. The maximum absolute atomic E-state index is 12.6. The van der Waals surface area contributed by atoms with Gasteiger partial charge in [0, 0.05) is 10.8 Å². The van der Waals surface area contributed by atoms with Crippen LogP contribution in [0, 0.1) is 10.8 Å². The molecule has 0 spiro atoms. The van der Waals surface area contributed by atoms with Crippen LogP contribution in [0.2, 0.25) is 0 Å². The summed E-state index contributed by atoms with van der Waals surface area (Å²) in [5, 5.41) is 19.6. The third-order valence-corrected chi connectivity index (χ3v) is 4.50. The normalized spacial score (nSPS) is 30.4. The average molecular weight is 220 g/mol. The zero-order chi connectivity index (χ0) is 11.2. The van der Waals surface area contributed by atoms with Crippen LogP contribution in [-0.4, -0.2) is 35.8 Å². The molecule has 0 radical (unpaired) electrons. The molecule has 0 amide bonds. The van der Waals surface area contributed by atoms with E-state index in [1.807, 2.05) is 0 Å². The van der Waals surface area contributed by atoms with Gasteiger partial charge in [-0.3, -0.25) is 8.78 Å². The van der Waals surface area contributed by atoms with E-state index in [0.29, 0.717) is 0 Å². The molecule has 88 valence electrons. The lowest BCUT2D eigenvalue weighted by atomic mass is 9.46. The van der Waals surface area contributed by atoms with Gasteiger partial charge in [0.05, 0.1) is 25.6 Å². The van der Waals surface area contributed by atoms with E-state index in [4.69, 9.17) is 0 Å². The van der Waals surface area contributed by atoms with Gasteiger partial charge in [-0.1, -0.05) is 6.42 Å². The molecule has 0 heterocycles. The van der Waals surface area contributed by atoms with E-state index >= 15 is 0 Å². The smallest absolute Gasteiger partial charge is 0.0977 e. The minimum absolute atomic E-state index is 0.0713. The molecule has 0 unspecified atom stereocenters.